The van der Waals surface area contributed by atoms with Gasteiger partial charge in [-0.3, -0.25) is 4.79 Å². The first-order valence-electron chi connectivity index (χ1n) is 6.97. The van der Waals surface area contributed by atoms with Crippen molar-refractivity contribution < 1.29 is 19.4 Å². The summed E-state index contributed by atoms with van der Waals surface area (Å²) < 4.78 is 5.26. The maximum atomic E-state index is 11.7. The highest BCUT2D eigenvalue weighted by Gasteiger charge is 2.27. The average molecular weight is 273 g/mol. The molecule has 1 saturated heterocycles. The predicted molar refractivity (Wildman–Crippen MR) is 74.1 cm³/mol. The van der Waals surface area contributed by atoms with Gasteiger partial charge in [0, 0.05) is 19.5 Å². The van der Waals surface area contributed by atoms with Crippen LogP contribution in [0.25, 0.3) is 0 Å². The quantitative estimate of drug-likeness (QED) is 0.839. The highest BCUT2D eigenvalue weighted by molar-refractivity contribution is 5.69. The van der Waals surface area contributed by atoms with E-state index in [4.69, 9.17) is 9.84 Å². The SMILES string of the molecule is CC.CC(C)(C)OC(=O)N1CCC(CC(=O)O)CC1. The van der Waals surface area contributed by atoms with Crippen molar-refractivity contribution in [2.24, 2.45) is 5.92 Å². The van der Waals surface area contributed by atoms with Gasteiger partial charge >= 0.3 is 12.1 Å². The summed E-state index contributed by atoms with van der Waals surface area (Å²) in [6, 6.07) is 0. The van der Waals surface area contributed by atoms with E-state index in [9.17, 15) is 9.59 Å². The van der Waals surface area contributed by atoms with Gasteiger partial charge in [-0.05, 0) is 39.5 Å². The van der Waals surface area contributed by atoms with Crippen LogP contribution in [0.5, 0.6) is 0 Å². The minimum absolute atomic E-state index is 0.186. The lowest BCUT2D eigenvalue weighted by molar-refractivity contribution is -0.138. The molecule has 0 bridgehead atoms. The maximum absolute atomic E-state index is 11.7. The zero-order chi connectivity index (χ0) is 15.1. The molecule has 0 aromatic rings. The summed E-state index contributed by atoms with van der Waals surface area (Å²) in [6.45, 7) is 10.7. The number of rotatable bonds is 2. The number of piperidine rings is 1. The fraction of sp³-hybridized carbons (Fsp3) is 0.857. The van der Waals surface area contributed by atoms with Crippen LogP contribution in [0.2, 0.25) is 0 Å². The molecule has 0 spiro atoms. The van der Waals surface area contributed by atoms with E-state index in [1.165, 1.54) is 0 Å². The Morgan fingerprint density at radius 3 is 2.05 bits per heavy atom. The van der Waals surface area contributed by atoms with Crippen LogP contribution in [0.4, 0.5) is 4.79 Å². The molecule has 5 heteroatoms. The highest BCUT2D eigenvalue weighted by Crippen LogP contribution is 2.22. The molecule has 0 aromatic heterocycles. The van der Waals surface area contributed by atoms with Crippen molar-refractivity contribution >= 4 is 12.1 Å². The van der Waals surface area contributed by atoms with E-state index in [2.05, 4.69) is 0 Å². The van der Waals surface area contributed by atoms with Crippen molar-refractivity contribution in [2.45, 2.75) is 59.5 Å². The fourth-order valence-corrected chi connectivity index (χ4v) is 1.89. The molecule has 5 nitrogen and oxygen atoms in total. The van der Waals surface area contributed by atoms with E-state index in [1.807, 2.05) is 34.6 Å². The van der Waals surface area contributed by atoms with Crippen molar-refractivity contribution in [1.29, 1.82) is 0 Å². The molecular weight excluding hydrogens is 246 g/mol. The Labute approximate surface area is 115 Å². The molecule has 1 aliphatic rings. The summed E-state index contributed by atoms with van der Waals surface area (Å²) in [5.74, 6) is -0.577. The summed E-state index contributed by atoms with van der Waals surface area (Å²) in [5, 5.41) is 8.69. The van der Waals surface area contributed by atoms with Crippen molar-refractivity contribution in [3.8, 4) is 0 Å². The first kappa shape index (κ1) is 17.7. The van der Waals surface area contributed by atoms with E-state index in [0.29, 0.717) is 13.1 Å². The molecule has 1 aliphatic heterocycles. The van der Waals surface area contributed by atoms with Gasteiger partial charge in [-0.15, -0.1) is 0 Å². The summed E-state index contributed by atoms with van der Waals surface area (Å²) in [5.41, 5.74) is -0.477. The third-order valence-corrected chi connectivity index (χ3v) is 2.73. The Hall–Kier alpha value is -1.26. The van der Waals surface area contributed by atoms with Gasteiger partial charge < -0.3 is 14.7 Å². The van der Waals surface area contributed by atoms with Crippen LogP contribution in [-0.4, -0.2) is 40.8 Å². The summed E-state index contributed by atoms with van der Waals surface area (Å²) >= 11 is 0. The van der Waals surface area contributed by atoms with E-state index >= 15 is 0 Å². The van der Waals surface area contributed by atoms with Gasteiger partial charge in [-0.2, -0.15) is 0 Å². The first-order valence-corrected chi connectivity index (χ1v) is 6.97. The lowest BCUT2D eigenvalue weighted by atomic mass is 9.94. The normalized spacial score (nSPS) is 16.4. The van der Waals surface area contributed by atoms with Crippen LogP contribution in [0.1, 0.15) is 53.9 Å². The minimum atomic E-state index is -0.763. The van der Waals surface area contributed by atoms with E-state index in [0.717, 1.165) is 12.8 Å². The van der Waals surface area contributed by atoms with Crippen molar-refractivity contribution in [3.05, 3.63) is 0 Å². The molecule has 1 rings (SSSR count). The van der Waals surface area contributed by atoms with Gasteiger partial charge in [0.05, 0.1) is 0 Å². The summed E-state index contributed by atoms with van der Waals surface area (Å²) in [7, 11) is 0. The Morgan fingerprint density at radius 2 is 1.68 bits per heavy atom. The third kappa shape index (κ3) is 7.70. The highest BCUT2D eigenvalue weighted by atomic mass is 16.6. The molecule has 19 heavy (non-hydrogen) atoms. The monoisotopic (exact) mass is 273 g/mol. The molecule has 0 unspecified atom stereocenters. The van der Waals surface area contributed by atoms with Crippen LogP contribution in [0.15, 0.2) is 0 Å². The van der Waals surface area contributed by atoms with Crippen LogP contribution in [0, 0.1) is 5.92 Å². The number of carbonyl (C=O) groups is 2. The molecule has 0 saturated carbocycles. The minimum Gasteiger partial charge on any atom is -0.481 e. The maximum Gasteiger partial charge on any atom is 0.410 e. The Morgan fingerprint density at radius 1 is 1.21 bits per heavy atom. The second kappa shape index (κ2) is 8.02. The number of hydrogen-bond acceptors (Lipinski definition) is 3. The molecule has 0 aliphatic carbocycles. The third-order valence-electron chi connectivity index (χ3n) is 2.73. The van der Waals surface area contributed by atoms with Crippen LogP contribution >= 0.6 is 0 Å². The van der Waals surface area contributed by atoms with Crippen molar-refractivity contribution in [3.63, 3.8) is 0 Å². The summed E-state index contributed by atoms with van der Waals surface area (Å²) in [4.78, 5) is 24.0. The Balaban J connectivity index is 0.00000154. The van der Waals surface area contributed by atoms with Crippen LogP contribution in [-0.2, 0) is 9.53 Å². The van der Waals surface area contributed by atoms with Crippen LogP contribution < -0.4 is 0 Å². The molecule has 0 radical (unpaired) electrons. The molecular formula is C14H27NO4. The van der Waals surface area contributed by atoms with Gasteiger partial charge in [-0.1, -0.05) is 13.8 Å². The van der Waals surface area contributed by atoms with Gasteiger partial charge in [0.1, 0.15) is 5.60 Å². The molecule has 1 N–H and O–H groups in total. The molecule has 1 amide bonds. The number of nitrogens with zero attached hydrogens (tertiary/aromatic N) is 1. The Kier molecular flexibility index (Phi) is 7.49. The first-order chi connectivity index (χ1) is 8.78. The molecule has 1 fully saturated rings. The lowest BCUT2D eigenvalue weighted by Crippen LogP contribution is -2.42. The van der Waals surface area contributed by atoms with E-state index in [1.54, 1.807) is 4.90 Å². The zero-order valence-electron chi connectivity index (χ0n) is 12.7. The number of carbonyl (C=O) groups excluding carboxylic acids is 1. The second-order valence-corrected chi connectivity index (χ2v) is 5.51. The number of likely N-dealkylation sites (tertiary alicyclic amines) is 1. The number of carboxylic acids is 1. The standard InChI is InChI=1S/C12H21NO4.C2H6/c1-12(2,3)17-11(16)13-6-4-9(5-7-13)8-10(14)15;1-2/h9H,4-8H2,1-3H3,(H,14,15);1-2H3. The molecule has 112 valence electrons. The van der Waals surface area contributed by atoms with Gasteiger partial charge in [0.2, 0.25) is 0 Å². The number of carboxylic acid groups (broad SMARTS) is 1. The van der Waals surface area contributed by atoms with Crippen LogP contribution in [0.3, 0.4) is 0 Å². The van der Waals surface area contributed by atoms with Gasteiger partial charge in [-0.25, -0.2) is 4.79 Å². The van der Waals surface area contributed by atoms with E-state index in [-0.39, 0.29) is 18.4 Å². The zero-order valence-corrected chi connectivity index (χ0v) is 12.7. The average Bonchev–Trinajstić information content (AvgIpc) is 2.29. The predicted octanol–water partition coefficient (Wildman–Crippen LogP) is 3.13. The molecule has 0 atom stereocenters. The molecule has 1 heterocycles. The molecule has 0 aromatic carbocycles. The largest absolute Gasteiger partial charge is 0.481 e. The van der Waals surface area contributed by atoms with E-state index < -0.39 is 11.6 Å². The van der Waals surface area contributed by atoms with Crippen molar-refractivity contribution in [2.75, 3.05) is 13.1 Å². The fourth-order valence-electron chi connectivity index (χ4n) is 1.89. The van der Waals surface area contributed by atoms with Crippen molar-refractivity contribution in [1.82, 2.24) is 4.90 Å². The number of ether oxygens (including phenoxy) is 1. The lowest BCUT2D eigenvalue weighted by Gasteiger charge is -2.32. The number of amides is 1. The van der Waals surface area contributed by atoms with Gasteiger partial charge in [0.15, 0.2) is 0 Å². The Bertz CT molecular complexity index is 288. The van der Waals surface area contributed by atoms with Gasteiger partial charge in [0.25, 0.3) is 0 Å². The number of aliphatic carboxylic acids is 1. The smallest absolute Gasteiger partial charge is 0.410 e. The second-order valence-electron chi connectivity index (χ2n) is 5.51. The number of hydrogen-bond donors (Lipinski definition) is 1. The summed E-state index contributed by atoms with van der Waals surface area (Å²) in [6.07, 6.45) is 1.38. The topological polar surface area (TPSA) is 66.8 Å².